The Hall–Kier alpha value is -3.07. The van der Waals surface area contributed by atoms with Crippen LogP contribution in [-0.4, -0.2) is 43.8 Å². The van der Waals surface area contributed by atoms with Crippen molar-refractivity contribution in [3.8, 4) is 0 Å². The van der Waals surface area contributed by atoms with E-state index in [1.165, 1.54) is 17.0 Å². The molecule has 0 saturated carbocycles. The fourth-order valence-electron chi connectivity index (χ4n) is 4.06. The molecule has 0 aromatic heterocycles. The van der Waals surface area contributed by atoms with Gasteiger partial charge in [-0.25, -0.2) is 8.42 Å². The topological polar surface area (TPSA) is 86.8 Å². The summed E-state index contributed by atoms with van der Waals surface area (Å²) in [6.07, 6.45) is 1.03. The van der Waals surface area contributed by atoms with Crippen LogP contribution in [0.5, 0.6) is 0 Å². The second kappa shape index (κ2) is 13.8. The normalized spacial score (nSPS) is 12.8. The first-order valence-corrected chi connectivity index (χ1v) is 14.9. The molecule has 0 heterocycles. The van der Waals surface area contributed by atoms with Gasteiger partial charge in [-0.2, -0.15) is 0 Å². The van der Waals surface area contributed by atoms with Crippen molar-refractivity contribution >= 4 is 50.7 Å². The molecule has 0 aliphatic carbocycles. The van der Waals surface area contributed by atoms with Crippen LogP contribution in [0.1, 0.15) is 39.2 Å². The number of hydrogen-bond donors (Lipinski definition) is 1. The number of hydrogen-bond acceptors (Lipinski definition) is 4. The zero-order valence-electron chi connectivity index (χ0n) is 22.2. The highest BCUT2D eigenvalue weighted by Crippen LogP contribution is 2.31. The maximum absolute atomic E-state index is 14.0. The second-order valence-electron chi connectivity index (χ2n) is 9.13. The van der Waals surface area contributed by atoms with Gasteiger partial charge in [0.05, 0.1) is 15.6 Å². The zero-order valence-corrected chi connectivity index (χ0v) is 24.5. The number of anilines is 1. The molecular formula is C29H33Cl2N3O4S. The van der Waals surface area contributed by atoms with Crippen LogP contribution in [-0.2, 0) is 26.2 Å². The standard InChI is InChI=1S/C29H33Cl2N3O4S/c1-4-21(3)32-29(36)26(5-2)33(19-22-13-9-10-16-24(22)30)28(35)20-34(27-18-12-11-17-25(27)31)39(37,38)23-14-7-6-8-15-23/h6-18,21,26H,4-5,19-20H2,1-3H3,(H,32,36)/t21-,26+/m0/s1. The predicted molar refractivity (Wildman–Crippen MR) is 156 cm³/mol. The van der Waals surface area contributed by atoms with Crippen molar-refractivity contribution in [1.29, 1.82) is 0 Å². The number of sulfonamides is 1. The Morgan fingerprint density at radius 1 is 0.846 bits per heavy atom. The first kappa shape index (κ1) is 30.5. The van der Waals surface area contributed by atoms with Crippen LogP contribution < -0.4 is 9.62 Å². The molecule has 0 bridgehead atoms. The smallest absolute Gasteiger partial charge is 0.264 e. The maximum atomic E-state index is 14.0. The Morgan fingerprint density at radius 2 is 1.44 bits per heavy atom. The molecule has 0 aliphatic heterocycles. The highest BCUT2D eigenvalue weighted by molar-refractivity contribution is 7.92. The number of halogens is 2. The van der Waals surface area contributed by atoms with E-state index >= 15 is 0 Å². The summed E-state index contributed by atoms with van der Waals surface area (Å²) in [7, 11) is -4.19. The monoisotopic (exact) mass is 589 g/mol. The van der Waals surface area contributed by atoms with Crippen LogP contribution in [0.25, 0.3) is 0 Å². The summed E-state index contributed by atoms with van der Waals surface area (Å²) in [6, 6.07) is 20.4. The summed E-state index contributed by atoms with van der Waals surface area (Å²) in [5, 5.41) is 3.56. The molecule has 2 atom stereocenters. The molecule has 0 fully saturated rings. The molecular weight excluding hydrogens is 557 g/mol. The van der Waals surface area contributed by atoms with Crippen LogP contribution in [0.4, 0.5) is 5.69 Å². The molecule has 0 spiro atoms. The first-order chi connectivity index (χ1) is 18.6. The molecule has 2 amide bonds. The Kier molecular flexibility index (Phi) is 10.8. The van der Waals surface area contributed by atoms with Crippen molar-refractivity contribution in [2.45, 2.75) is 57.1 Å². The number of carbonyl (C=O) groups is 2. The molecule has 0 aliphatic rings. The molecule has 1 N–H and O–H groups in total. The summed E-state index contributed by atoms with van der Waals surface area (Å²) in [5.74, 6) is -0.886. The second-order valence-corrected chi connectivity index (χ2v) is 11.8. The molecule has 0 saturated heterocycles. The number of rotatable bonds is 12. The van der Waals surface area contributed by atoms with Crippen molar-refractivity contribution in [2.24, 2.45) is 0 Å². The van der Waals surface area contributed by atoms with E-state index in [0.29, 0.717) is 17.0 Å². The van der Waals surface area contributed by atoms with E-state index in [1.807, 2.05) is 13.8 Å². The van der Waals surface area contributed by atoms with Crippen molar-refractivity contribution in [3.05, 3.63) is 94.5 Å². The number of para-hydroxylation sites is 1. The van der Waals surface area contributed by atoms with Crippen molar-refractivity contribution in [2.75, 3.05) is 10.8 Å². The van der Waals surface area contributed by atoms with E-state index in [9.17, 15) is 18.0 Å². The van der Waals surface area contributed by atoms with E-state index in [2.05, 4.69) is 5.32 Å². The zero-order chi connectivity index (χ0) is 28.6. The van der Waals surface area contributed by atoms with Gasteiger partial charge in [-0.05, 0) is 55.7 Å². The van der Waals surface area contributed by atoms with Gasteiger partial charge in [0.25, 0.3) is 10.0 Å². The number of amides is 2. The SMILES string of the molecule is CC[C@H](C(=O)N[C@@H](C)CC)N(Cc1ccccc1Cl)C(=O)CN(c1ccccc1Cl)S(=O)(=O)c1ccccc1. The van der Waals surface area contributed by atoms with E-state index in [0.717, 1.165) is 10.7 Å². The van der Waals surface area contributed by atoms with E-state index in [1.54, 1.807) is 73.7 Å². The largest absolute Gasteiger partial charge is 0.352 e. The number of nitrogens with one attached hydrogen (secondary N) is 1. The number of nitrogens with zero attached hydrogens (tertiary/aromatic N) is 2. The van der Waals surface area contributed by atoms with E-state index in [4.69, 9.17) is 23.2 Å². The molecule has 7 nitrogen and oxygen atoms in total. The van der Waals surface area contributed by atoms with Crippen LogP contribution in [0, 0.1) is 0 Å². The lowest BCUT2D eigenvalue weighted by Crippen LogP contribution is -2.53. The Morgan fingerprint density at radius 3 is 2.03 bits per heavy atom. The van der Waals surface area contributed by atoms with Crippen LogP contribution in [0.15, 0.2) is 83.8 Å². The average Bonchev–Trinajstić information content (AvgIpc) is 2.93. The van der Waals surface area contributed by atoms with Gasteiger partial charge in [-0.3, -0.25) is 13.9 Å². The van der Waals surface area contributed by atoms with Crippen LogP contribution in [0.3, 0.4) is 0 Å². The Bertz CT molecular complexity index is 1390. The fourth-order valence-corrected chi connectivity index (χ4v) is 6.00. The summed E-state index contributed by atoms with van der Waals surface area (Å²) < 4.78 is 28.6. The van der Waals surface area contributed by atoms with Gasteiger partial charge < -0.3 is 10.2 Å². The van der Waals surface area contributed by atoms with E-state index < -0.39 is 28.5 Å². The lowest BCUT2D eigenvalue weighted by molar-refractivity contribution is -0.140. The lowest BCUT2D eigenvalue weighted by atomic mass is 10.1. The average molecular weight is 591 g/mol. The van der Waals surface area contributed by atoms with Crippen LogP contribution in [0.2, 0.25) is 10.0 Å². The van der Waals surface area contributed by atoms with Gasteiger partial charge in [0.15, 0.2) is 0 Å². The minimum Gasteiger partial charge on any atom is -0.352 e. The summed E-state index contributed by atoms with van der Waals surface area (Å²) >= 11 is 12.8. The van der Waals surface area contributed by atoms with Gasteiger partial charge >= 0.3 is 0 Å². The third-order valence-electron chi connectivity index (χ3n) is 6.42. The van der Waals surface area contributed by atoms with E-state index in [-0.39, 0.29) is 34.1 Å². The molecule has 0 radical (unpaired) electrons. The van der Waals surface area contributed by atoms with Crippen molar-refractivity contribution in [1.82, 2.24) is 10.2 Å². The highest BCUT2D eigenvalue weighted by Gasteiger charge is 2.34. The number of carbonyl (C=O) groups excluding carboxylic acids is 2. The molecule has 3 aromatic carbocycles. The maximum Gasteiger partial charge on any atom is 0.264 e. The Labute approximate surface area is 240 Å². The Balaban J connectivity index is 2.07. The molecule has 3 rings (SSSR count). The summed E-state index contributed by atoms with van der Waals surface area (Å²) in [6.45, 7) is 5.09. The molecule has 0 unspecified atom stereocenters. The van der Waals surface area contributed by atoms with Gasteiger partial charge in [0.2, 0.25) is 11.8 Å². The molecule has 10 heteroatoms. The molecule has 39 heavy (non-hydrogen) atoms. The first-order valence-electron chi connectivity index (χ1n) is 12.8. The number of benzene rings is 3. The molecule has 3 aromatic rings. The van der Waals surface area contributed by atoms with Gasteiger partial charge in [0.1, 0.15) is 12.6 Å². The minimum atomic E-state index is -4.19. The van der Waals surface area contributed by atoms with Gasteiger partial charge in [-0.1, -0.05) is 85.6 Å². The minimum absolute atomic E-state index is 0.0110. The van der Waals surface area contributed by atoms with Gasteiger partial charge in [0, 0.05) is 17.6 Å². The summed E-state index contributed by atoms with van der Waals surface area (Å²) in [4.78, 5) is 28.8. The molecule has 208 valence electrons. The summed E-state index contributed by atoms with van der Waals surface area (Å²) in [5.41, 5.74) is 0.795. The van der Waals surface area contributed by atoms with Crippen molar-refractivity contribution < 1.29 is 18.0 Å². The fraction of sp³-hybridized carbons (Fsp3) is 0.310. The third-order valence-corrected chi connectivity index (χ3v) is 8.88. The highest BCUT2D eigenvalue weighted by atomic mass is 35.5. The lowest BCUT2D eigenvalue weighted by Gasteiger charge is -2.34. The van der Waals surface area contributed by atoms with Gasteiger partial charge in [-0.15, -0.1) is 0 Å². The third kappa shape index (κ3) is 7.53. The van der Waals surface area contributed by atoms with Crippen LogP contribution >= 0.6 is 23.2 Å². The quantitative estimate of drug-likeness (QED) is 0.284. The predicted octanol–water partition coefficient (Wildman–Crippen LogP) is 5.91. The van der Waals surface area contributed by atoms with Crippen molar-refractivity contribution in [3.63, 3.8) is 0 Å².